The molecule has 1 rings (SSSR count). The fourth-order valence-electron chi connectivity index (χ4n) is 1.23. The lowest BCUT2D eigenvalue weighted by molar-refractivity contribution is 0.627. The molecule has 1 aromatic carbocycles. The summed E-state index contributed by atoms with van der Waals surface area (Å²) in [7, 11) is 0. The highest BCUT2D eigenvalue weighted by molar-refractivity contribution is 5.73. The molecule has 4 heteroatoms. The first-order chi connectivity index (χ1) is 7.60. The zero-order valence-electron chi connectivity index (χ0n) is 9.07. The van der Waals surface area contributed by atoms with Crippen molar-refractivity contribution in [1.82, 2.24) is 0 Å². The maximum absolute atomic E-state index is 12.8. The van der Waals surface area contributed by atoms with Gasteiger partial charge >= 0.3 is 0 Å². The third kappa shape index (κ3) is 2.48. The molecule has 0 aliphatic carbocycles. The summed E-state index contributed by atoms with van der Waals surface area (Å²) in [4.78, 5) is 3.82. The normalized spacial score (nSPS) is 13.2. The maximum Gasteiger partial charge on any atom is 0.123 e. The van der Waals surface area contributed by atoms with Crippen molar-refractivity contribution in [3.05, 3.63) is 53.1 Å². The molecule has 0 atom stereocenters. The molecule has 1 aromatic rings. The molecule has 0 unspecified atom stereocenters. The summed E-state index contributed by atoms with van der Waals surface area (Å²) >= 11 is 0. The Balaban J connectivity index is 3.27. The van der Waals surface area contributed by atoms with Gasteiger partial charge < -0.3 is 11.5 Å². The predicted molar refractivity (Wildman–Crippen MR) is 65.0 cm³/mol. The molecule has 84 valence electrons. The number of aliphatic imine (C=N–C) groups is 1. The quantitative estimate of drug-likeness (QED) is 0.603. The number of nitrogens with zero attached hydrogens (tertiary/aromatic N) is 1. The van der Waals surface area contributed by atoms with Crippen LogP contribution in [-0.4, -0.2) is 6.72 Å². The Morgan fingerprint density at radius 1 is 1.31 bits per heavy atom. The minimum absolute atomic E-state index is 0.315. The molecule has 0 heterocycles. The predicted octanol–water partition coefficient (Wildman–Crippen LogP) is 2.02. The lowest BCUT2D eigenvalue weighted by atomic mass is 10.1. The molecular weight excluding hydrogens is 205 g/mol. The number of nitrogens with two attached hydrogens (primary N) is 2. The van der Waals surface area contributed by atoms with Crippen molar-refractivity contribution in [3.8, 4) is 0 Å². The van der Waals surface area contributed by atoms with Gasteiger partial charge in [-0.1, -0.05) is 6.08 Å². The largest absolute Gasteiger partial charge is 0.397 e. The van der Waals surface area contributed by atoms with Crippen LogP contribution in [0, 0.1) is 5.82 Å². The van der Waals surface area contributed by atoms with Crippen LogP contribution >= 0.6 is 0 Å². The Bertz CT molecular complexity index is 444. The number of benzene rings is 1. The van der Waals surface area contributed by atoms with Crippen molar-refractivity contribution in [3.63, 3.8) is 0 Å². The first kappa shape index (κ1) is 12.0. The molecular formula is C12H14FN3. The molecule has 0 spiro atoms. The fourth-order valence-corrected chi connectivity index (χ4v) is 1.23. The Morgan fingerprint density at radius 2 is 1.88 bits per heavy atom. The Kier molecular flexibility index (Phi) is 3.83. The van der Waals surface area contributed by atoms with E-state index in [1.54, 1.807) is 25.1 Å². The topological polar surface area (TPSA) is 64.4 Å². The zero-order chi connectivity index (χ0) is 12.1. The van der Waals surface area contributed by atoms with Crippen LogP contribution in [0.4, 0.5) is 4.39 Å². The van der Waals surface area contributed by atoms with Crippen LogP contribution in [0.25, 0.3) is 5.70 Å². The molecule has 0 radical (unpaired) electrons. The van der Waals surface area contributed by atoms with E-state index >= 15 is 0 Å². The molecule has 0 saturated carbocycles. The van der Waals surface area contributed by atoms with Crippen LogP contribution in [-0.2, 0) is 0 Å². The summed E-state index contributed by atoms with van der Waals surface area (Å²) in [6.45, 7) is 5.20. The number of allylic oxidation sites excluding steroid dienone is 1. The van der Waals surface area contributed by atoms with Crippen molar-refractivity contribution in [2.45, 2.75) is 6.92 Å². The fraction of sp³-hybridized carbons (Fsp3) is 0.0833. The standard InChI is InChI=1S/C12H14FN3/c1-3-10(14)11(15)12(16-2)8-4-6-9(13)7-5-8/h3-7H,2,14-15H2,1H3/b10-3+,12-11+. The minimum atomic E-state index is -0.315. The Hall–Kier alpha value is -2.10. The minimum Gasteiger partial charge on any atom is -0.397 e. The summed E-state index contributed by atoms with van der Waals surface area (Å²) in [6, 6.07) is 5.82. The molecule has 16 heavy (non-hydrogen) atoms. The van der Waals surface area contributed by atoms with Gasteiger partial charge in [0, 0.05) is 5.56 Å². The van der Waals surface area contributed by atoms with Crippen LogP contribution in [0.3, 0.4) is 0 Å². The van der Waals surface area contributed by atoms with Crippen LogP contribution in [0.5, 0.6) is 0 Å². The van der Waals surface area contributed by atoms with E-state index in [0.29, 0.717) is 22.7 Å². The van der Waals surface area contributed by atoms with E-state index in [2.05, 4.69) is 11.7 Å². The highest BCUT2D eigenvalue weighted by Crippen LogP contribution is 2.20. The van der Waals surface area contributed by atoms with Gasteiger partial charge in [0.1, 0.15) is 5.82 Å². The third-order valence-corrected chi connectivity index (χ3v) is 2.15. The van der Waals surface area contributed by atoms with Gasteiger partial charge in [-0.05, 0) is 37.9 Å². The molecule has 0 amide bonds. The van der Waals surface area contributed by atoms with Gasteiger partial charge in [0.2, 0.25) is 0 Å². The summed E-state index contributed by atoms with van der Waals surface area (Å²) in [6.07, 6.45) is 1.67. The second-order valence-electron chi connectivity index (χ2n) is 3.17. The molecule has 0 aliphatic rings. The second kappa shape index (κ2) is 5.11. The van der Waals surface area contributed by atoms with Crippen LogP contribution in [0.1, 0.15) is 12.5 Å². The molecule has 0 fully saturated rings. The average Bonchev–Trinajstić information content (AvgIpc) is 2.31. The van der Waals surface area contributed by atoms with E-state index < -0.39 is 0 Å². The lowest BCUT2D eigenvalue weighted by Gasteiger charge is -2.07. The van der Waals surface area contributed by atoms with Crippen molar-refractivity contribution in [2.75, 3.05) is 0 Å². The van der Waals surface area contributed by atoms with Crippen LogP contribution < -0.4 is 11.5 Å². The van der Waals surface area contributed by atoms with Crippen LogP contribution in [0.2, 0.25) is 0 Å². The molecule has 0 saturated heterocycles. The van der Waals surface area contributed by atoms with Crippen molar-refractivity contribution < 1.29 is 4.39 Å². The van der Waals surface area contributed by atoms with Gasteiger partial charge in [-0.2, -0.15) is 0 Å². The molecule has 0 aliphatic heterocycles. The molecule has 0 bridgehead atoms. The van der Waals surface area contributed by atoms with Gasteiger partial charge in [0.15, 0.2) is 0 Å². The van der Waals surface area contributed by atoms with Crippen molar-refractivity contribution in [2.24, 2.45) is 16.5 Å². The highest BCUT2D eigenvalue weighted by Gasteiger charge is 2.06. The van der Waals surface area contributed by atoms with E-state index in [4.69, 9.17) is 11.5 Å². The highest BCUT2D eigenvalue weighted by atomic mass is 19.1. The smallest absolute Gasteiger partial charge is 0.123 e. The van der Waals surface area contributed by atoms with E-state index in [1.807, 2.05) is 0 Å². The van der Waals surface area contributed by atoms with E-state index in [9.17, 15) is 4.39 Å². The molecule has 4 N–H and O–H groups in total. The van der Waals surface area contributed by atoms with E-state index in [0.717, 1.165) is 0 Å². The van der Waals surface area contributed by atoms with E-state index in [1.165, 1.54) is 12.1 Å². The van der Waals surface area contributed by atoms with E-state index in [-0.39, 0.29) is 5.82 Å². The lowest BCUT2D eigenvalue weighted by Crippen LogP contribution is -2.11. The van der Waals surface area contributed by atoms with Gasteiger partial charge in [-0.3, -0.25) is 4.99 Å². The molecule has 3 nitrogen and oxygen atoms in total. The molecule has 0 aromatic heterocycles. The summed E-state index contributed by atoms with van der Waals surface area (Å²) < 4.78 is 12.8. The maximum atomic E-state index is 12.8. The second-order valence-corrected chi connectivity index (χ2v) is 3.17. The summed E-state index contributed by atoms with van der Waals surface area (Å²) in [5, 5.41) is 0. The first-order valence-electron chi connectivity index (χ1n) is 4.74. The number of halogens is 1. The number of rotatable bonds is 3. The first-order valence-corrected chi connectivity index (χ1v) is 4.74. The Morgan fingerprint density at radius 3 is 2.31 bits per heavy atom. The van der Waals surface area contributed by atoms with Crippen molar-refractivity contribution in [1.29, 1.82) is 0 Å². The van der Waals surface area contributed by atoms with Gasteiger partial charge in [0.25, 0.3) is 0 Å². The van der Waals surface area contributed by atoms with Crippen molar-refractivity contribution >= 4 is 12.4 Å². The average molecular weight is 219 g/mol. The van der Waals surface area contributed by atoms with Crippen LogP contribution in [0.15, 0.2) is 46.7 Å². The number of hydrogen-bond acceptors (Lipinski definition) is 3. The summed E-state index contributed by atoms with van der Waals surface area (Å²) in [5.41, 5.74) is 13.4. The third-order valence-electron chi connectivity index (χ3n) is 2.15. The van der Waals surface area contributed by atoms with Gasteiger partial charge in [0.05, 0.1) is 17.1 Å². The SMILES string of the molecule is C=N/C(=C(N)\C(N)=C/C)c1ccc(F)cc1. The van der Waals surface area contributed by atoms with Gasteiger partial charge in [-0.15, -0.1) is 0 Å². The number of hydrogen-bond donors (Lipinski definition) is 2. The van der Waals surface area contributed by atoms with Gasteiger partial charge in [-0.25, -0.2) is 4.39 Å². The Labute approximate surface area is 94.0 Å². The monoisotopic (exact) mass is 219 g/mol. The summed E-state index contributed by atoms with van der Waals surface area (Å²) in [5.74, 6) is -0.315. The zero-order valence-corrected chi connectivity index (χ0v) is 9.07.